The molecule has 6 nitrogen and oxygen atoms in total. The largest absolute Gasteiger partial charge is 0.465 e. The fourth-order valence-electron chi connectivity index (χ4n) is 3.04. The smallest absolute Gasteiger partial charge is 0.336 e. The summed E-state index contributed by atoms with van der Waals surface area (Å²) in [5, 5.41) is 0. The van der Waals surface area contributed by atoms with Gasteiger partial charge in [0.15, 0.2) is 0 Å². The van der Waals surface area contributed by atoms with Crippen LogP contribution in [0.15, 0.2) is 48.2 Å². The van der Waals surface area contributed by atoms with Crippen LogP contribution in [-0.4, -0.2) is 42.5 Å². The van der Waals surface area contributed by atoms with Crippen LogP contribution in [0.5, 0.6) is 0 Å². The van der Waals surface area contributed by atoms with Gasteiger partial charge in [-0.05, 0) is 25.5 Å². The van der Waals surface area contributed by atoms with Crippen LogP contribution in [-0.2, 0) is 23.9 Å². The molecular formula is C20H22FNO5. The van der Waals surface area contributed by atoms with Crippen LogP contribution in [0.2, 0.25) is 0 Å². The number of ether oxygens (including phenoxy) is 2. The number of carbonyl (C=O) groups is 3. The Morgan fingerprint density at radius 1 is 1.33 bits per heavy atom. The van der Waals surface area contributed by atoms with Crippen LogP contribution in [0, 0.1) is 5.82 Å². The third-order valence-corrected chi connectivity index (χ3v) is 4.25. The number of carbonyl (C=O) groups excluding carboxylic acids is 3. The number of hydrogen-bond donors (Lipinski definition) is 0. The molecule has 7 heteroatoms. The fraction of sp³-hybridized carbons (Fsp3) is 0.350. The molecule has 1 amide bonds. The Balaban J connectivity index is 2.48. The van der Waals surface area contributed by atoms with Crippen molar-refractivity contribution in [2.75, 3.05) is 19.8 Å². The summed E-state index contributed by atoms with van der Waals surface area (Å²) in [6.07, 6.45) is 1.26. The van der Waals surface area contributed by atoms with E-state index in [0.717, 1.165) is 0 Å². The zero-order chi connectivity index (χ0) is 20.0. The Kier molecular flexibility index (Phi) is 6.87. The Bertz CT molecular complexity index is 786. The molecule has 0 aliphatic carbocycles. The van der Waals surface area contributed by atoms with E-state index in [4.69, 9.17) is 9.47 Å². The Hall–Kier alpha value is -2.96. The molecule has 27 heavy (non-hydrogen) atoms. The number of amides is 1. The van der Waals surface area contributed by atoms with Gasteiger partial charge >= 0.3 is 11.9 Å². The molecule has 0 N–H and O–H groups in total. The van der Waals surface area contributed by atoms with Crippen molar-refractivity contribution < 1.29 is 28.2 Å². The number of allylic oxidation sites excluding steroid dienone is 1. The van der Waals surface area contributed by atoms with Crippen molar-refractivity contribution in [1.82, 2.24) is 4.90 Å². The van der Waals surface area contributed by atoms with E-state index in [9.17, 15) is 18.8 Å². The van der Waals surface area contributed by atoms with Crippen molar-refractivity contribution in [1.29, 1.82) is 0 Å². The van der Waals surface area contributed by atoms with Crippen molar-refractivity contribution in [2.24, 2.45) is 0 Å². The van der Waals surface area contributed by atoms with Gasteiger partial charge in [-0.15, -0.1) is 0 Å². The third kappa shape index (κ3) is 4.61. The average molecular weight is 375 g/mol. The Morgan fingerprint density at radius 2 is 2.04 bits per heavy atom. The van der Waals surface area contributed by atoms with Gasteiger partial charge in [0.1, 0.15) is 19.0 Å². The van der Waals surface area contributed by atoms with Crippen molar-refractivity contribution in [2.45, 2.75) is 26.2 Å². The average Bonchev–Trinajstić information content (AvgIpc) is 2.63. The minimum Gasteiger partial charge on any atom is -0.465 e. The first-order valence-electron chi connectivity index (χ1n) is 8.59. The molecule has 144 valence electrons. The normalized spacial score (nSPS) is 16.9. The van der Waals surface area contributed by atoms with Crippen LogP contribution in [0.25, 0.3) is 0 Å². The Morgan fingerprint density at radius 3 is 2.67 bits per heavy atom. The minimum absolute atomic E-state index is 0.0224. The van der Waals surface area contributed by atoms with E-state index in [1.807, 2.05) is 0 Å². The van der Waals surface area contributed by atoms with E-state index in [1.165, 1.54) is 36.1 Å². The van der Waals surface area contributed by atoms with E-state index in [2.05, 4.69) is 6.58 Å². The van der Waals surface area contributed by atoms with Gasteiger partial charge in [-0.1, -0.05) is 30.9 Å². The molecule has 0 bridgehead atoms. The molecule has 1 atom stereocenters. The van der Waals surface area contributed by atoms with E-state index < -0.39 is 29.6 Å². The zero-order valence-electron chi connectivity index (χ0n) is 15.4. The number of benzene rings is 1. The fourth-order valence-corrected chi connectivity index (χ4v) is 3.04. The minimum atomic E-state index is -0.797. The number of hydrogen-bond acceptors (Lipinski definition) is 5. The first kappa shape index (κ1) is 20.4. The van der Waals surface area contributed by atoms with Crippen molar-refractivity contribution in [3.05, 3.63) is 59.6 Å². The molecule has 1 aliphatic heterocycles. The van der Waals surface area contributed by atoms with Crippen molar-refractivity contribution in [3.8, 4) is 0 Å². The highest BCUT2D eigenvalue weighted by Crippen LogP contribution is 2.38. The highest BCUT2D eigenvalue weighted by molar-refractivity contribution is 5.96. The zero-order valence-corrected chi connectivity index (χ0v) is 15.4. The summed E-state index contributed by atoms with van der Waals surface area (Å²) in [6.45, 7) is 6.53. The maximum absolute atomic E-state index is 14.3. The van der Waals surface area contributed by atoms with Gasteiger partial charge in [0.2, 0.25) is 5.91 Å². The number of halogens is 1. The molecule has 1 aromatic rings. The summed E-state index contributed by atoms with van der Waals surface area (Å²) < 4.78 is 24.4. The molecule has 1 heterocycles. The van der Waals surface area contributed by atoms with Crippen LogP contribution < -0.4 is 0 Å². The summed E-state index contributed by atoms with van der Waals surface area (Å²) >= 11 is 0. The summed E-state index contributed by atoms with van der Waals surface area (Å²) in [4.78, 5) is 38.2. The molecule has 1 aromatic carbocycles. The van der Waals surface area contributed by atoms with Gasteiger partial charge in [0.25, 0.3) is 0 Å². The Labute approximate surface area is 157 Å². The van der Waals surface area contributed by atoms with Gasteiger partial charge in [0.05, 0.1) is 12.2 Å². The number of nitrogens with zero attached hydrogens (tertiary/aromatic N) is 1. The molecule has 0 saturated heterocycles. The van der Waals surface area contributed by atoms with E-state index in [0.29, 0.717) is 0 Å². The van der Waals surface area contributed by atoms with Crippen molar-refractivity contribution in [3.63, 3.8) is 0 Å². The number of esters is 2. The van der Waals surface area contributed by atoms with Crippen LogP contribution in [0.1, 0.15) is 31.7 Å². The maximum atomic E-state index is 14.3. The second kappa shape index (κ2) is 9.12. The van der Waals surface area contributed by atoms with E-state index in [-0.39, 0.29) is 43.0 Å². The van der Waals surface area contributed by atoms with Gasteiger partial charge < -0.3 is 14.4 Å². The lowest BCUT2D eigenvalue weighted by Crippen LogP contribution is -2.41. The van der Waals surface area contributed by atoms with Gasteiger partial charge in [0, 0.05) is 18.0 Å². The SMILES string of the molecule is C=CCOC(=O)C1=C(C)N(CC(=O)OCC)C(=O)CC1c1ccccc1F. The molecule has 1 aliphatic rings. The first-order chi connectivity index (χ1) is 12.9. The quantitative estimate of drug-likeness (QED) is 0.541. The lowest BCUT2D eigenvalue weighted by atomic mass is 9.83. The predicted molar refractivity (Wildman–Crippen MR) is 96.0 cm³/mol. The van der Waals surface area contributed by atoms with Crippen LogP contribution >= 0.6 is 0 Å². The summed E-state index contributed by atoms with van der Waals surface area (Å²) in [7, 11) is 0. The van der Waals surface area contributed by atoms with Gasteiger partial charge in [-0.25, -0.2) is 9.18 Å². The van der Waals surface area contributed by atoms with E-state index >= 15 is 0 Å². The topological polar surface area (TPSA) is 72.9 Å². The predicted octanol–water partition coefficient (Wildman–Crippen LogP) is 2.71. The molecule has 0 radical (unpaired) electrons. The van der Waals surface area contributed by atoms with Gasteiger partial charge in [-0.3, -0.25) is 9.59 Å². The van der Waals surface area contributed by atoms with Gasteiger partial charge in [-0.2, -0.15) is 0 Å². The standard InChI is InChI=1S/C20H22FNO5/c1-4-10-27-20(25)19-13(3)22(12-18(24)26-5-2)17(23)11-15(19)14-8-6-7-9-16(14)21/h4,6-9,15H,1,5,10-12H2,2-3H3. The van der Waals surface area contributed by atoms with E-state index in [1.54, 1.807) is 13.0 Å². The second-order valence-corrected chi connectivity index (χ2v) is 5.95. The molecular weight excluding hydrogens is 353 g/mol. The molecule has 1 unspecified atom stereocenters. The number of rotatable bonds is 7. The molecule has 0 aromatic heterocycles. The third-order valence-electron chi connectivity index (χ3n) is 4.25. The lowest BCUT2D eigenvalue weighted by Gasteiger charge is -2.33. The molecule has 2 rings (SSSR count). The lowest BCUT2D eigenvalue weighted by molar-refractivity contribution is -0.149. The molecule has 0 spiro atoms. The summed E-state index contributed by atoms with van der Waals surface area (Å²) in [5.41, 5.74) is 0.624. The summed E-state index contributed by atoms with van der Waals surface area (Å²) in [6, 6.07) is 5.97. The molecule has 0 saturated carbocycles. The summed E-state index contributed by atoms with van der Waals surface area (Å²) in [5.74, 6) is -2.98. The highest BCUT2D eigenvalue weighted by Gasteiger charge is 2.38. The van der Waals surface area contributed by atoms with Crippen LogP contribution in [0.4, 0.5) is 4.39 Å². The van der Waals surface area contributed by atoms with Crippen LogP contribution in [0.3, 0.4) is 0 Å². The second-order valence-electron chi connectivity index (χ2n) is 5.95. The van der Waals surface area contributed by atoms with Crippen molar-refractivity contribution >= 4 is 17.8 Å². The first-order valence-corrected chi connectivity index (χ1v) is 8.59. The monoisotopic (exact) mass is 375 g/mol. The highest BCUT2D eigenvalue weighted by atomic mass is 19.1. The maximum Gasteiger partial charge on any atom is 0.336 e. The molecule has 0 fully saturated rings.